The number of nitrogens with zero attached hydrogens (tertiary/aromatic N) is 1. The van der Waals surface area contributed by atoms with Crippen molar-refractivity contribution < 1.29 is 9.50 Å². The molecule has 0 spiro atoms. The Hall–Kier alpha value is -1.84. The van der Waals surface area contributed by atoms with Crippen LogP contribution in [0.25, 0.3) is 10.9 Å². The Bertz CT molecular complexity index is 558. The predicted molar refractivity (Wildman–Crippen MR) is 67.2 cm³/mol. The molecule has 0 radical (unpaired) electrons. The summed E-state index contributed by atoms with van der Waals surface area (Å²) in [6.45, 7) is 4.81. The zero-order valence-electron chi connectivity index (χ0n) is 9.87. The third-order valence-electron chi connectivity index (χ3n) is 2.47. The molecule has 0 bridgehead atoms. The van der Waals surface area contributed by atoms with Crippen molar-refractivity contribution in [1.29, 1.82) is 0 Å². The Morgan fingerprint density at radius 1 is 1.47 bits per heavy atom. The highest BCUT2D eigenvalue weighted by Crippen LogP contribution is 2.26. The Balaban J connectivity index is 2.41. The van der Waals surface area contributed by atoms with E-state index in [1.165, 1.54) is 12.1 Å². The number of aliphatic imine (C=N–C) groups is 1. The molecule has 1 aromatic carbocycles. The zero-order chi connectivity index (χ0) is 12.4. The minimum atomic E-state index is -0.324. The van der Waals surface area contributed by atoms with E-state index < -0.39 is 0 Å². The molecular formula is C13H15FN2O. The summed E-state index contributed by atoms with van der Waals surface area (Å²) in [6.07, 6.45) is 1.59. The fourth-order valence-corrected chi connectivity index (χ4v) is 1.66. The van der Waals surface area contributed by atoms with Gasteiger partial charge in [-0.2, -0.15) is 0 Å². The summed E-state index contributed by atoms with van der Waals surface area (Å²) in [7, 11) is 0. The summed E-state index contributed by atoms with van der Waals surface area (Å²) < 4.78 is 13.1. The topological polar surface area (TPSA) is 48.4 Å². The monoisotopic (exact) mass is 234 g/mol. The van der Waals surface area contributed by atoms with Crippen molar-refractivity contribution in [3.8, 4) is 5.88 Å². The van der Waals surface area contributed by atoms with Gasteiger partial charge in [0.1, 0.15) is 5.82 Å². The highest BCUT2D eigenvalue weighted by molar-refractivity contribution is 6.01. The van der Waals surface area contributed by atoms with Crippen LogP contribution in [0.5, 0.6) is 5.88 Å². The van der Waals surface area contributed by atoms with E-state index in [0.29, 0.717) is 28.9 Å². The second kappa shape index (κ2) is 4.57. The lowest BCUT2D eigenvalue weighted by Gasteiger charge is -1.97. The Morgan fingerprint density at radius 3 is 2.94 bits per heavy atom. The van der Waals surface area contributed by atoms with Crippen LogP contribution in [0.3, 0.4) is 0 Å². The van der Waals surface area contributed by atoms with E-state index in [9.17, 15) is 9.50 Å². The van der Waals surface area contributed by atoms with Gasteiger partial charge in [0.2, 0.25) is 0 Å². The minimum absolute atomic E-state index is 0.0260. The van der Waals surface area contributed by atoms with Gasteiger partial charge in [-0.15, -0.1) is 0 Å². The number of hydrogen-bond acceptors (Lipinski definition) is 2. The zero-order valence-corrected chi connectivity index (χ0v) is 9.87. The van der Waals surface area contributed by atoms with Gasteiger partial charge in [0.05, 0.1) is 5.56 Å². The fraction of sp³-hybridized carbons (Fsp3) is 0.308. The van der Waals surface area contributed by atoms with E-state index in [4.69, 9.17) is 0 Å². The first-order valence-electron chi connectivity index (χ1n) is 5.58. The van der Waals surface area contributed by atoms with E-state index in [1.54, 1.807) is 12.3 Å². The molecule has 90 valence electrons. The SMILES string of the molecule is CC(C)CN=Cc1c(O)[nH]c2ccc(F)cc12. The number of rotatable bonds is 3. The van der Waals surface area contributed by atoms with Crippen molar-refractivity contribution in [2.75, 3.05) is 6.54 Å². The maximum atomic E-state index is 13.1. The first-order chi connectivity index (χ1) is 8.08. The van der Waals surface area contributed by atoms with Gasteiger partial charge in [-0.1, -0.05) is 13.8 Å². The summed E-state index contributed by atoms with van der Waals surface area (Å²) in [4.78, 5) is 7.02. The van der Waals surface area contributed by atoms with Crippen LogP contribution in [0.15, 0.2) is 23.2 Å². The van der Waals surface area contributed by atoms with Gasteiger partial charge in [0.15, 0.2) is 5.88 Å². The lowest BCUT2D eigenvalue weighted by Crippen LogP contribution is -1.92. The van der Waals surface area contributed by atoms with E-state index >= 15 is 0 Å². The number of hydrogen-bond donors (Lipinski definition) is 2. The van der Waals surface area contributed by atoms with Crippen LogP contribution in [-0.4, -0.2) is 22.8 Å². The van der Waals surface area contributed by atoms with Crippen LogP contribution < -0.4 is 0 Å². The number of benzene rings is 1. The molecule has 0 aliphatic rings. The molecule has 3 nitrogen and oxygen atoms in total. The first kappa shape index (κ1) is 11.6. The highest BCUT2D eigenvalue weighted by Gasteiger charge is 2.09. The number of aromatic hydroxyl groups is 1. The van der Waals surface area contributed by atoms with Crippen molar-refractivity contribution in [2.45, 2.75) is 13.8 Å². The third kappa shape index (κ3) is 2.46. The Morgan fingerprint density at radius 2 is 2.24 bits per heavy atom. The molecular weight excluding hydrogens is 219 g/mol. The second-order valence-electron chi connectivity index (χ2n) is 4.47. The Labute approximate surface area is 99.0 Å². The van der Waals surface area contributed by atoms with Gasteiger partial charge in [0.25, 0.3) is 0 Å². The number of H-pyrrole nitrogens is 1. The summed E-state index contributed by atoms with van der Waals surface area (Å²) >= 11 is 0. The summed E-state index contributed by atoms with van der Waals surface area (Å²) in [6, 6.07) is 4.35. The van der Waals surface area contributed by atoms with Crippen LogP contribution in [0.4, 0.5) is 4.39 Å². The molecule has 2 aromatic rings. The maximum Gasteiger partial charge on any atom is 0.198 e. The van der Waals surface area contributed by atoms with E-state index in [1.807, 2.05) is 0 Å². The molecule has 4 heteroatoms. The van der Waals surface area contributed by atoms with Gasteiger partial charge in [-0.05, 0) is 24.1 Å². The van der Waals surface area contributed by atoms with Gasteiger partial charge in [0, 0.05) is 23.7 Å². The molecule has 0 saturated heterocycles. The quantitative estimate of drug-likeness (QED) is 0.788. The van der Waals surface area contributed by atoms with Crippen LogP contribution in [0.2, 0.25) is 0 Å². The lowest BCUT2D eigenvalue weighted by molar-refractivity contribution is 0.457. The molecule has 0 unspecified atom stereocenters. The van der Waals surface area contributed by atoms with Crippen molar-refractivity contribution >= 4 is 17.1 Å². The molecule has 0 aliphatic carbocycles. The number of aromatic nitrogens is 1. The number of fused-ring (bicyclic) bond motifs is 1. The van der Waals surface area contributed by atoms with E-state index in [2.05, 4.69) is 23.8 Å². The Kier molecular flexibility index (Phi) is 3.13. The number of halogens is 1. The second-order valence-corrected chi connectivity index (χ2v) is 4.47. The molecule has 1 aromatic heterocycles. The molecule has 0 saturated carbocycles. The lowest BCUT2D eigenvalue weighted by atomic mass is 10.2. The summed E-state index contributed by atoms with van der Waals surface area (Å²) in [5, 5.41) is 10.4. The van der Waals surface area contributed by atoms with Crippen LogP contribution in [0, 0.1) is 11.7 Å². The van der Waals surface area contributed by atoms with Crippen LogP contribution >= 0.6 is 0 Å². The van der Waals surface area contributed by atoms with Gasteiger partial charge in [-0.3, -0.25) is 4.99 Å². The molecule has 1 heterocycles. The molecule has 2 rings (SSSR count). The predicted octanol–water partition coefficient (Wildman–Crippen LogP) is 3.09. The first-order valence-corrected chi connectivity index (χ1v) is 5.58. The smallest absolute Gasteiger partial charge is 0.198 e. The van der Waals surface area contributed by atoms with Gasteiger partial charge >= 0.3 is 0 Å². The number of aromatic amines is 1. The normalized spacial score (nSPS) is 12.0. The summed E-state index contributed by atoms with van der Waals surface area (Å²) in [5.41, 5.74) is 1.25. The van der Waals surface area contributed by atoms with Crippen molar-refractivity contribution in [3.63, 3.8) is 0 Å². The van der Waals surface area contributed by atoms with E-state index in [-0.39, 0.29) is 11.7 Å². The van der Waals surface area contributed by atoms with Gasteiger partial charge in [-0.25, -0.2) is 4.39 Å². The van der Waals surface area contributed by atoms with Crippen molar-refractivity contribution in [1.82, 2.24) is 4.98 Å². The standard InChI is InChI=1S/C13H15FN2O/c1-8(2)6-15-7-11-10-5-9(14)3-4-12(10)16-13(11)17/h3-5,7-8,16-17H,6H2,1-2H3. The van der Waals surface area contributed by atoms with Gasteiger partial charge < -0.3 is 10.1 Å². The summed E-state index contributed by atoms with van der Waals surface area (Å²) in [5.74, 6) is 0.156. The highest BCUT2D eigenvalue weighted by atomic mass is 19.1. The molecule has 0 aliphatic heterocycles. The average molecular weight is 234 g/mol. The molecule has 2 N–H and O–H groups in total. The molecule has 0 amide bonds. The van der Waals surface area contributed by atoms with Crippen molar-refractivity contribution in [3.05, 3.63) is 29.6 Å². The van der Waals surface area contributed by atoms with E-state index in [0.717, 1.165) is 0 Å². The van der Waals surface area contributed by atoms with Crippen LogP contribution in [-0.2, 0) is 0 Å². The van der Waals surface area contributed by atoms with Crippen molar-refractivity contribution in [2.24, 2.45) is 10.9 Å². The fourth-order valence-electron chi connectivity index (χ4n) is 1.66. The molecule has 0 fully saturated rings. The third-order valence-corrected chi connectivity index (χ3v) is 2.47. The minimum Gasteiger partial charge on any atom is -0.494 e. The maximum absolute atomic E-state index is 13.1. The van der Waals surface area contributed by atoms with Crippen LogP contribution in [0.1, 0.15) is 19.4 Å². The average Bonchev–Trinajstić information content (AvgIpc) is 2.55. The number of nitrogens with one attached hydrogen (secondary N) is 1. The largest absolute Gasteiger partial charge is 0.494 e. The molecule has 0 atom stereocenters. The molecule has 17 heavy (non-hydrogen) atoms.